The molecule has 1 aliphatic rings. The first-order valence-electron chi connectivity index (χ1n) is 6.04. The van der Waals surface area contributed by atoms with Crippen LogP contribution >= 0.6 is 0 Å². The minimum Gasteiger partial charge on any atom is -0.402 e. The van der Waals surface area contributed by atoms with Crippen molar-refractivity contribution in [2.75, 3.05) is 13.1 Å². The van der Waals surface area contributed by atoms with Crippen LogP contribution in [0.3, 0.4) is 0 Å². The highest BCUT2D eigenvalue weighted by Crippen LogP contribution is 2.18. The van der Waals surface area contributed by atoms with Gasteiger partial charge in [-0.25, -0.2) is 0 Å². The predicted molar refractivity (Wildman–Crippen MR) is 73.9 cm³/mol. The Labute approximate surface area is 104 Å². The van der Waals surface area contributed by atoms with E-state index in [-0.39, 0.29) is 0 Å². The first-order chi connectivity index (χ1) is 8.02. The Morgan fingerprint density at radius 1 is 1.35 bits per heavy atom. The van der Waals surface area contributed by atoms with Crippen LogP contribution in [0.15, 0.2) is 47.5 Å². The van der Waals surface area contributed by atoms with Crippen LogP contribution in [0.2, 0.25) is 0 Å². The van der Waals surface area contributed by atoms with Crippen LogP contribution in [-0.2, 0) is 0 Å². The van der Waals surface area contributed by atoms with E-state index in [1.807, 2.05) is 19.1 Å². The fraction of sp³-hybridized carbons (Fsp3) is 0.429. The molecule has 4 N–H and O–H groups in total. The van der Waals surface area contributed by atoms with Crippen molar-refractivity contribution in [1.82, 2.24) is 4.90 Å². The van der Waals surface area contributed by atoms with Gasteiger partial charge in [0.1, 0.15) is 0 Å². The Morgan fingerprint density at radius 3 is 2.65 bits per heavy atom. The molecule has 0 saturated heterocycles. The first-order valence-corrected chi connectivity index (χ1v) is 6.04. The molecule has 0 aromatic rings. The zero-order valence-electron chi connectivity index (χ0n) is 10.9. The number of nitrogens with zero attached hydrogens (tertiary/aromatic N) is 1. The molecule has 17 heavy (non-hydrogen) atoms. The van der Waals surface area contributed by atoms with Crippen LogP contribution in [0.4, 0.5) is 0 Å². The van der Waals surface area contributed by atoms with Crippen LogP contribution in [0.25, 0.3) is 0 Å². The van der Waals surface area contributed by atoms with Crippen LogP contribution in [0.1, 0.15) is 26.7 Å². The molecule has 1 rings (SSSR count). The van der Waals surface area contributed by atoms with Crippen molar-refractivity contribution < 1.29 is 0 Å². The van der Waals surface area contributed by atoms with E-state index in [2.05, 4.69) is 24.5 Å². The van der Waals surface area contributed by atoms with Crippen molar-refractivity contribution in [2.45, 2.75) is 26.7 Å². The third-order valence-corrected chi connectivity index (χ3v) is 2.74. The zero-order valence-corrected chi connectivity index (χ0v) is 10.9. The molecule has 0 aromatic heterocycles. The molecule has 0 aliphatic heterocycles. The van der Waals surface area contributed by atoms with Gasteiger partial charge >= 0.3 is 0 Å². The second-order valence-corrected chi connectivity index (χ2v) is 4.52. The Morgan fingerprint density at radius 2 is 2.06 bits per heavy atom. The Balaban J connectivity index is 2.86. The lowest BCUT2D eigenvalue weighted by Gasteiger charge is -2.27. The second kappa shape index (κ2) is 6.18. The smallest absolute Gasteiger partial charge is 0.0380 e. The largest absolute Gasteiger partial charge is 0.402 e. The van der Waals surface area contributed by atoms with E-state index < -0.39 is 0 Å². The lowest BCUT2D eigenvalue weighted by Crippen LogP contribution is -2.25. The molecule has 0 radical (unpaired) electrons. The molecule has 3 nitrogen and oxygen atoms in total. The van der Waals surface area contributed by atoms with Gasteiger partial charge in [0.2, 0.25) is 0 Å². The molecule has 3 heteroatoms. The standard InChI is InChI=1S/C14H23N3/c1-4-17(10-11(2)3)14-7-5-12(15)9-13(16)6-8-14/h5,7,9H,2,4,6,8,10,15-16H2,1,3H3. The van der Waals surface area contributed by atoms with Crippen LogP contribution in [0.5, 0.6) is 0 Å². The van der Waals surface area contributed by atoms with Crippen LogP contribution in [0, 0.1) is 0 Å². The van der Waals surface area contributed by atoms with Crippen molar-refractivity contribution in [3.8, 4) is 0 Å². The van der Waals surface area contributed by atoms with Crippen molar-refractivity contribution >= 4 is 0 Å². The lowest BCUT2D eigenvalue weighted by atomic mass is 10.1. The molecule has 0 atom stereocenters. The Bertz CT molecular complexity index is 375. The van der Waals surface area contributed by atoms with Gasteiger partial charge in [-0.15, -0.1) is 0 Å². The fourth-order valence-electron chi connectivity index (χ4n) is 1.89. The van der Waals surface area contributed by atoms with Gasteiger partial charge in [0.25, 0.3) is 0 Å². The van der Waals surface area contributed by atoms with Crippen molar-refractivity contribution in [3.05, 3.63) is 47.5 Å². The van der Waals surface area contributed by atoms with Gasteiger partial charge in [-0.1, -0.05) is 12.2 Å². The molecular weight excluding hydrogens is 210 g/mol. The van der Waals surface area contributed by atoms with Gasteiger partial charge in [-0.3, -0.25) is 0 Å². The molecule has 0 saturated carbocycles. The number of likely N-dealkylation sites (N-methyl/N-ethyl adjacent to an activating group) is 1. The predicted octanol–water partition coefficient (Wildman–Crippen LogP) is 2.25. The zero-order chi connectivity index (χ0) is 12.8. The summed E-state index contributed by atoms with van der Waals surface area (Å²) >= 11 is 0. The van der Waals surface area contributed by atoms with E-state index in [1.165, 1.54) is 5.70 Å². The summed E-state index contributed by atoms with van der Waals surface area (Å²) in [6.07, 6.45) is 7.65. The Kier molecular flexibility index (Phi) is 4.88. The molecule has 0 bridgehead atoms. The molecule has 0 heterocycles. The summed E-state index contributed by atoms with van der Waals surface area (Å²) in [5.41, 5.74) is 15.7. The summed E-state index contributed by atoms with van der Waals surface area (Å²) in [6.45, 7) is 10.0. The average Bonchev–Trinajstić information content (AvgIpc) is 2.24. The average molecular weight is 233 g/mol. The summed E-state index contributed by atoms with van der Waals surface area (Å²) < 4.78 is 0. The monoisotopic (exact) mass is 233 g/mol. The normalized spacial score (nSPS) is 16.2. The number of nitrogens with two attached hydrogens (primary N) is 2. The minimum atomic E-state index is 0.714. The number of hydrogen-bond acceptors (Lipinski definition) is 3. The number of allylic oxidation sites excluding steroid dienone is 5. The second-order valence-electron chi connectivity index (χ2n) is 4.52. The molecule has 0 unspecified atom stereocenters. The Hall–Kier alpha value is -1.64. The molecule has 1 aliphatic carbocycles. The SMILES string of the molecule is C=C(C)CN(CC)C1=CC=C(N)C=C(N)CC1. The van der Waals surface area contributed by atoms with Gasteiger partial charge in [0.15, 0.2) is 0 Å². The van der Waals surface area contributed by atoms with Crippen molar-refractivity contribution in [3.63, 3.8) is 0 Å². The number of rotatable bonds is 4. The summed E-state index contributed by atoms with van der Waals surface area (Å²) in [7, 11) is 0. The van der Waals surface area contributed by atoms with Crippen LogP contribution < -0.4 is 11.5 Å². The van der Waals surface area contributed by atoms with Gasteiger partial charge in [0.05, 0.1) is 0 Å². The summed E-state index contributed by atoms with van der Waals surface area (Å²) in [5, 5.41) is 0. The highest BCUT2D eigenvalue weighted by Gasteiger charge is 2.09. The third-order valence-electron chi connectivity index (χ3n) is 2.74. The van der Waals surface area contributed by atoms with E-state index in [0.29, 0.717) is 5.70 Å². The van der Waals surface area contributed by atoms with Gasteiger partial charge < -0.3 is 16.4 Å². The maximum Gasteiger partial charge on any atom is 0.0380 e. The van der Waals surface area contributed by atoms with E-state index in [9.17, 15) is 0 Å². The third kappa shape index (κ3) is 4.39. The summed E-state index contributed by atoms with van der Waals surface area (Å²) in [5.74, 6) is 0. The van der Waals surface area contributed by atoms with Gasteiger partial charge in [-0.05, 0) is 44.9 Å². The molecule has 94 valence electrons. The first kappa shape index (κ1) is 13.4. The van der Waals surface area contributed by atoms with Gasteiger partial charge in [-0.2, -0.15) is 0 Å². The highest BCUT2D eigenvalue weighted by atomic mass is 15.1. The maximum atomic E-state index is 5.88. The minimum absolute atomic E-state index is 0.714. The van der Waals surface area contributed by atoms with E-state index in [1.54, 1.807) is 0 Å². The molecule has 0 aromatic carbocycles. The molecular formula is C14H23N3. The lowest BCUT2D eigenvalue weighted by molar-refractivity contribution is 0.377. The number of hydrogen-bond donors (Lipinski definition) is 2. The van der Waals surface area contributed by atoms with E-state index >= 15 is 0 Å². The van der Waals surface area contributed by atoms with E-state index in [4.69, 9.17) is 11.5 Å². The maximum absolute atomic E-state index is 5.88. The quantitative estimate of drug-likeness (QED) is 0.732. The van der Waals surface area contributed by atoms with Crippen molar-refractivity contribution in [1.29, 1.82) is 0 Å². The molecule has 0 spiro atoms. The molecule has 0 fully saturated rings. The van der Waals surface area contributed by atoms with Crippen LogP contribution in [-0.4, -0.2) is 18.0 Å². The highest BCUT2D eigenvalue weighted by molar-refractivity contribution is 5.28. The fourth-order valence-corrected chi connectivity index (χ4v) is 1.89. The molecule has 0 amide bonds. The van der Waals surface area contributed by atoms with Crippen molar-refractivity contribution in [2.24, 2.45) is 11.5 Å². The topological polar surface area (TPSA) is 55.3 Å². The summed E-state index contributed by atoms with van der Waals surface area (Å²) in [6, 6.07) is 0. The summed E-state index contributed by atoms with van der Waals surface area (Å²) in [4.78, 5) is 2.31. The van der Waals surface area contributed by atoms with Gasteiger partial charge in [0, 0.05) is 30.2 Å². The van der Waals surface area contributed by atoms with E-state index in [0.717, 1.165) is 37.2 Å².